The molecular formula is C3H7Cl2O4P. The fourth-order valence-electron chi connectivity index (χ4n) is 0. The van der Waals surface area contributed by atoms with Gasteiger partial charge in [-0.3, -0.25) is 9.36 Å². The summed E-state index contributed by atoms with van der Waals surface area (Å²) in [4.78, 5) is 17.0. The maximum absolute atomic E-state index is 9.37. The quantitative estimate of drug-likeness (QED) is 0.648. The van der Waals surface area contributed by atoms with Gasteiger partial charge in [0, 0.05) is 6.42 Å². The van der Waals surface area contributed by atoms with Crippen molar-refractivity contribution in [3.05, 3.63) is 0 Å². The molecule has 0 aliphatic heterocycles. The molecule has 62 valence electrons. The summed E-state index contributed by atoms with van der Waals surface area (Å²) in [6.45, 7) is 1.60. The molecule has 0 spiro atoms. The van der Waals surface area contributed by atoms with Gasteiger partial charge in [0.2, 0.25) is 0 Å². The molecule has 4 nitrogen and oxygen atoms in total. The average molecular weight is 209 g/mol. The molecular weight excluding hydrogens is 202 g/mol. The minimum atomic E-state index is -3.69. The van der Waals surface area contributed by atoms with Crippen molar-refractivity contribution in [3.8, 4) is 0 Å². The van der Waals surface area contributed by atoms with Crippen LogP contribution in [-0.4, -0.2) is 16.0 Å². The second-order valence-corrected chi connectivity index (χ2v) is 5.32. The van der Waals surface area contributed by atoms with Gasteiger partial charge in [0.15, 0.2) is 0 Å². The van der Waals surface area contributed by atoms with Gasteiger partial charge in [-0.05, 0) is 22.5 Å². The van der Waals surface area contributed by atoms with E-state index in [1.54, 1.807) is 6.92 Å². The molecule has 0 rings (SSSR count). The van der Waals surface area contributed by atoms with Crippen LogP contribution in [0.1, 0.15) is 13.3 Å². The van der Waals surface area contributed by atoms with E-state index in [4.69, 9.17) is 10.00 Å². The van der Waals surface area contributed by atoms with Crippen molar-refractivity contribution < 1.29 is 19.4 Å². The zero-order valence-electron chi connectivity index (χ0n) is 5.12. The van der Waals surface area contributed by atoms with Gasteiger partial charge in [0.1, 0.15) is 0 Å². The molecule has 0 radical (unpaired) electrons. The Morgan fingerprint density at radius 2 is 1.70 bits per heavy atom. The van der Waals surface area contributed by atoms with Gasteiger partial charge in [-0.25, -0.2) is 0 Å². The summed E-state index contributed by atoms with van der Waals surface area (Å²) in [5.74, 6) is -0.745. The van der Waals surface area contributed by atoms with Crippen LogP contribution in [0.5, 0.6) is 0 Å². The van der Waals surface area contributed by atoms with E-state index in [2.05, 4.69) is 22.5 Å². The number of carboxylic acid groups (broad SMARTS) is 1. The normalized spacial score (nSPS) is 9.60. The molecule has 0 saturated heterocycles. The van der Waals surface area contributed by atoms with E-state index in [0.717, 1.165) is 0 Å². The Hall–Kier alpha value is 0.240. The van der Waals surface area contributed by atoms with Crippen molar-refractivity contribution in [2.75, 3.05) is 0 Å². The molecule has 0 bridgehead atoms. The second-order valence-electron chi connectivity index (χ2n) is 1.18. The first-order valence-electron chi connectivity index (χ1n) is 2.21. The van der Waals surface area contributed by atoms with Crippen LogP contribution in [0.25, 0.3) is 0 Å². The highest BCUT2D eigenvalue weighted by atomic mass is 35.9. The Bertz CT molecular complexity index is 133. The Labute approximate surface area is 67.8 Å². The Morgan fingerprint density at radius 3 is 1.70 bits per heavy atom. The zero-order valence-corrected chi connectivity index (χ0v) is 7.53. The van der Waals surface area contributed by atoms with Gasteiger partial charge in [-0.15, -0.1) is 0 Å². The van der Waals surface area contributed by atoms with Crippen LogP contribution in [0.15, 0.2) is 0 Å². The van der Waals surface area contributed by atoms with Crippen LogP contribution < -0.4 is 0 Å². The standard InChI is InChI=1S/C3H6O2.Cl2HO2P/c1-2-3(4)5;1-5(2,3)4/h2H2,1H3,(H,4,5);(H,3,4). The first-order chi connectivity index (χ1) is 4.27. The SMILES string of the molecule is CCC(=O)O.O=P(O)(Cl)Cl. The lowest BCUT2D eigenvalue weighted by Crippen LogP contribution is -1.86. The third-order valence-electron chi connectivity index (χ3n) is 0.302. The number of carbonyl (C=O) groups is 1. The monoisotopic (exact) mass is 208 g/mol. The van der Waals surface area contributed by atoms with Gasteiger partial charge in [0.05, 0.1) is 0 Å². The molecule has 0 saturated carbocycles. The fraction of sp³-hybridized carbons (Fsp3) is 0.667. The number of halogens is 2. The minimum Gasteiger partial charge on any atom is -0.481 e. The third kappa shape index (κ3) is 86.1. The molecule has 0 unspecified atom stereocenters. The van der Waals surface area contributed by atoms with Crippen molar-refractivity contribution in [1.82, 2.24) is 0 Å². The van der Waals surface area contributed by atoms with Crippen LogP contribution >= 0.6 is 28.6 Å². The highest BCUT2D eigenvalue weighted by Crippen LogP contribution is 2.51. The maximum Gasteiger partial charge on any atom is 0.377 e. The predicted octanol–water partition coefficient (Wildman–Crippen LogP) is 2.05. The van der Waals surface area contributed by atoms with Crippen LogP contribution in [0.2, 0.25) is 0 Å². The van der Waals surface area contributed by atoms with Gasteiger partial charge >= 0.3 is 12.0 Å². The topological polar surface area (TPSA) is 74.6 Å². The zero-order chi connectivity index (χ0) is 8.78. The molecule has 0 aliphatic rings. The molecule has 0 aromatic carbocycles. The van der Waals surface area contributed by atoms with E-state index in [-0.39, 0.29) is 6.42 Å². The highest BCUT2D eigenvalue weighted by Gasteiger charge is 2.02. The summed E-state index contributed by atoms with van der Waals surface area (Å²) in [5.41, 5.74) is 0. The van der Waals surface area contributed by atoms with Gasteiger partial charge in [-0.1, -0.05) is 6.92 Å². The number of hydrogen-bond donors (Lipinski definition) is 2. The molecule has 7 heteroatoms. The Balaban J connectivity index is 0. The molecule has 0 heterocycles. The average Bonchev–Trinajstić information content (AvgIpc) is 1.61. The van der Waals surface area contributed by atoms with Gasteiger partial charge in [0.25, 0.3) is 0 Å². The van der Waals surface area contributed by atoms with E-state index in [1.165, 1.54) is 0 Å². The maximum atomic E-state index is 9.37. The summed E-state index contributed by atoms with van der Waals surface area (Å²) in [6.07, 6.45) is -3.47. The van der Waals surface area contributed by atoms with Crippen LogP contribution in [0.4, 0.5) is 0 Å². The van der Waals surface area contributed by atoms with E-state index in [9.17, 15) is 9.36 Å². The molecule has 0 atom stereocenters. The summed E-state index contributed by atoms with van der Waals surface area (Å²) in [6, 6.07) is 0. The van der Waals surface area contributed by atoms with Crippen molar-refractivity contribution >= 4 is 34.5 Å². The summed E-state index contributed by atoms with van der Waals surface area (Å²) in [7, 11) is 0. The Kier molecular flexibility index (Phi) is 7.70. The number of hydrogen-bond acceptors (Lipinski definition) is 2. The van der Waals surface area contributed by atoms with Crippen LogP contribution in [-0.2, 0) is 9.36 Å². The van der Waals surface area contributed by atoms with Crippen molar-refractivity contribution in [3.63, 3.8) is 0 Å². The van der Waals surface area contributed by atoms with Crippen LogP contribution in [0.3, 0.4) is 0 Å². The first-order valence-corrected chi connectivity index (χ1v) is 5.68. The molecule has 0 amide bonds. The van der Waals surface area contributed by atoms with Crippen molar-refractivity contribution in [1.29, 1.82) is 0 Å². The third-order valence-corrected chi connectivity index (χ3v) is 0.302. The van der Waals surface area contributed by atoms with Crippen LogP contribution in [0, 0.1) is 0 Å². The number of carboxylic acids is 1. The lowest BCUT2D eigenvalue weighted by atomic mass is 10.5. The van der Waals surface area contributed by atoms with Gasteiger partial charge < -0.3 is 10.00 Å². The lowest BCUT2D eigenvalue weighted by Gasteiger charge is -1.77. The summed E-state index contributed by atoms with van der Waals surface area (Å²) in [5, 5.41) is 7.72. The Morgan fingerprint density at radius 1 is 1.60 bits per heavy atom. The minimum absolute atomic E-state index is 0.222. The molecule has 0 fully saturated rings. The summed E-state index contributed by atoms with van der Waals surface area (Å²) < 4.78 is 9.30. The van der Waals surface area contributed by atoms with Gasteiger partial charge in [-0.2, -0.15) is 0 Å². The predicted molar refractivity (Wildman–Crippen MR) is 39.5 cm³/mol. The van der Waals surface area contributed by atoms with E-state index < -0.39 is 12.0 Å². The van der Waals surface area contributed by atoms with E-state index in [0.29, 0.717) is 0 Å². The smallest absolute Gasteiger partial charge is 0.377 e. The summed E-state index contributed by atoms with van der Waals surface area (Å²) >= 11 is 8.81. The van der Waals surface area contributed by atoms with Crippen molar-refractivity contribution in [2.24, 2.45) is 0 Å². The molecule has 0 aliphatic carbocycles. The fourth-order valence-corrected chi connectivity index (χ4v) is 0. The molecule has 10 heavy (non-hydrogen) atoms. The molecule has 2 N–H and O–H groups in total. The molecule has 0 aromatic rings. The first kappa shape index (κ1) is 12.9. The number of rotatable bonds is 1. The van der Waals surface area contributed by atoms with Crippen molar-refractivity contribution in [2.45, 2.75) is 13.3 Å². The largest absolute Gasteiger partial charge is 0.481 e. The molecule has 0 aromatic heterocycles. The highest BCUT2D eigenvalue weighted by molar-refractivity contribution is 8.04. The second kappa shape index (κ2) is 5.98. The van der Waals surface area contributed by atoms with E-state index >= 15 is 0 Å². The lowest BCUT2D eigenvalue weighted by molar-refractivity contribution is -0.136. The van der Waals surface area contributed by atoms with E-state index in [1.807, 2.05) is 0 Å². The number of aliphatic carboxylic acids is 1.